The number of hydrogen-bond acceptors (Lipinski definition) is 6. The number of rotatable bonds is 7. The molecule has 0 saturated heterocycles. The van der Waals surface area contributed by atoms with Crippen LogP contribution in [0.2, 0.25) is 0 Å². The molecule has 2 rings (SSSR count). The van der Waals surface area contributed by atoms with Gasteiger partial charge in [0.05, 0.1) is 13.7 Å². The molecule has 0 aliphatic rings. The standard InChI is InChI=1S/C14H19N3O3/c1-18-9-11(15)8-14-16-13(17-20-14)7-10-4-3-5-12(6-10)19-2/h3-6,11H,7-9,15H2,1-2H3. The molecule has 0 radical (unpaired) electrons. The van der Waals surface area contributed by atoms with E-state index in [1.54, 1.807) is 14.2 Å². The highest BCUT2D eigenvalue weighted by molar-refractivity contribution is 5.30. The summed E-state index contributed by atoms with van der Waals surface area (Å²) in [5, 5.41) is 3.96. The summed E-state index contributed by atoms with van der Waals surface area (Å²) in [6.07, 6.45) is 1.11. The molecule has 2 N–H and O–H groups in total. The Hall–Kier alpha value is -1.92. The first-order valence-corrected chi connectivity index (χ1v) is 6.40. The summed E-state index contributed by atoms with van der Waals surface area (Å²) in [5.74, 6) is 1.98. The molecule has 6 heteroatoms. The van der Waals surface area contributed by atoms with Crippen molar-refractivity contribution in [3.8, 4) is 5.75 Å². The van der Waals surface area contributed by atoms with Gasteiger partial charge in [0.1, 0.15) is 5.75 Å². The summed E-state index contributed by atoms with van der Waals surface area (Å²) in [4.78, 5) is 4.33. The Bertz CT molecular complexity index is 542. The van der Waals surface area contributed by atoms with Gasteiger partial charge in [0.2, 0.25) is 5.89 Å². The molecular formula is C14H19N3O3. The molecule has 0 spiro atoms. The van der Waals surface area contributed by atoms with Crippen molar-refractivity contribution < 1.29 is 14.0 Å². The molecule has 2 aromatic rings. The average Bonchev–Trinajstić information content (AvgIpc) is 2.86. The maximum Gasteiger partial charge on any atom is 0.228 e. The number of hydrogen-bond donors (Lipinski definition) is 1. The van der Waals surface area contributed by atoms with E-state index < -0.39 is 0 Å². The van der Waals surface area contributed by atoms with Crippen molar-refractivity contribution in [1.82, 2.24) is 10.1 Å². The second-order valence-electron chi connectivity index (χ2n) is 4.55. The summed E-state index contributed by atoms with van der Waals surface area (Å²) < 4.78 is 15.3. The normalized spacial score (nSPS) is 12.3. The highest BCUT2D eigenvalue weighted by Gasteiger charge is 2.11. The highest BCUT2D eigenvalue weighted by atomic mass is 16.5. The predicted octanol–water partition coefficient (Wildman–Crippen LogP) is 1.19. The lowest BCUT2D eigenvalue weighted by atomic mass is 10.1. The van der Waals surface area contributed by atoms with Gasteiger partial charge in [0, 0.05) is 26.0 Å². The van der Waals surface area contributed by atoms with Crippen LogP contribution in [0.5, 0.6) is 5.75 Å². The second-order valence-corrected chi connectivity index (χ2v) is 4.55. The van der Waals surface area contributed by atoms with Crippen LogP contribution in [0.25, 0.3) is 0 Å². The third-order valence-electron chi connectivity index (χ3n) is 2.82. The van der Waals surface area contributed by atoms with Gasteiger partial charge < -0.3 is 19.7 Å². The summed E-state index contributed by atoms with van der Waals surface area (Å²) in [6, 6.07) is 7.64. The van der Waals surface area contributed by atoms with E-state index in [-0.39, 0.29) is 6.04 Å². The van der Waals surface area contributed by atoms with Crippen LogP contribution in [-0.4, -0.2) is 37.0 Å². The second kappa shape index (κ2) is 7.02. The molecule has 0 fully saturated rings. The van der Waals surface area contributed by atoms with Gasteiger partial charge in [-0.05, 0) is 17.7 Å². The maximum atomic E-state index is 5.85. The predicted molar refractivity (Wildman–Crippen MR) is 73.7 cm³/mol. The van der Waals surface area contributed by atoms with Crippen LogP contribution in [0, 0.1) is 0 Å². The van der Waals surface area contributed by atoms with E-state index >= 15 is 0 Å². The molecule has 1 heterocycles. The van der Waals surface area contributed by atoms with E-state index in [1.165, 1.54) is 0 Å². The zero-order chi connectivity index (χ0) is 14.4. The van der Waals surface area contributed by atoms with Gasteiger partial charge in [-0.15, -0.1) is 0 Å². The number of benzene rings is 1. The topological polar surface area (TPSA) is 83.4 Å². The van der Waals surface area contributed by atoms with Gasteiger partial charge >= 0.3 is 0 Å². The van der Waals surface area contributed by atoms with Crippen LogP contribution in [-0.2, 0) is 17.6 Å². The van der Waals surface area contributed by atoms with Crippen molar-refractivity contribution >= 4 is 0 Å². The van der Waals surface area contributed by atoms with Crippen molar-refractivity contribution in [1.29, 1.82) is 0 Å². The van der Waals surface area contributed by atoms with E-state index in [0.717, 1.165) is 11.3 Å². The lowest BCUT2D eigenvalue weighted by Gasteiger charge is -2.05. The van der Waals surface area contributed by atoms with Crippen molar-refractivity contribution in [2.45, 2.75) is 18.9 Å². The van der Waals surface area contributed by atoms with Crippen LogP contribution >= 0.6 is 0 Å². The van der Waals surface area contributed by atoms with Crippen molar-refractivity contribution in [3.63, 3.8) is 0 Å². The van der Waals surface area contributed by atoms with E-state index in [2.05, 4.69) is 10.1 Å². The minimum absolute atomic E-state index is 0.134. The third-order valence-corrected chi connectivity index (χ3v) is 2.82. The molecule has 1 aromatic heterocycles. The minimum atomic E-state index is -0.134. The molecule has 0 aliphatic carbocycles. The molecule has 0 amide bonds. The first kappa shape index (κ1) is 14.5. The van der Waals surface area contributed by atoms with Crippen molar-refractivity contribution in [3.05, 3.63) is 41.5 Å². The van der Waals surface area contributed by atoms with E-state index in [9.17, 15) is 0 Å². The number of aromatic nitrogens is 2. The summed E-state index contributed by atoms with van der Waals surface area (Å²) in [7, 11) is 3.25. The fourth-order valence-corrected chi connectivity index (χ4v) is 1.91. The fourth-order valence-electron chi connectivity index (χ4n) is 1.91. The van der Waals surface area contributed by atoms with Gasteiger partial charge in [0.15, 0.2) is 5.82 Å². The Morgan fingerprint density at radius 1 is 1.35 bits per heavy atom. The Kier molecular flexibility index (Phi) is 5.09. The number of methoxy groups -OCH3 is 2. The molecule has 0 aliphatic heterocycles. The lowest BCUT2D eigenvalue weighted by molar-refractivity contribution is 0.176. The van der Waals surface area contributed by atoms with Gasteiger partial charge in [-0.25, -0.2) is 0 Å². The van der Waals surface area contributed by atoms with Gasteiger partial charge in [0.25, 0.3) is 0 Å². The van der Waals surface area contributed by atoms with E-state index in [4.69, 9.17) is 19.7 Å². The largest absolute Gasteiger partial charge is 0.497 e. The smallest absolute Gasteiger partial charge is 0.228 e. The Morgan fingerprint density at radius 2 is 2.20 bits per heavy atom. The van der Waals surface area contributed by atoms with Crippen LogP contribution in [0.1, 0.15) is 17.3 Å². The molecular weight excluding hydrogens is 258 g/mol. The average molecular weight is 277 g/mol. The quantitative estimate of drug-likeness (QED) is 0.818. The van der Waals surface area contributed by atoms with Gasteiger partial charge in [-0.2, -0.15) is 4.98 Å². The van der Waals surface area contributed by atoms with Crippen LogP contribution in [0.15, 0.2) is 28.8 Å². The molecule has 0 bridgehead atoms. The Balaban J connectivity index is 1.98. The number of ether oxygens (including phenoxy) is 2. The number of nitrogens with zero attached hydrogens (tertiary/aromatic N) is 2. The zero-order valence-electron chi connectivity index (χ0n) is 11.7. The van der Waals surface area contributed by atoms with E-state index in [1.807, 2.05) is 24.3 Å². The third kappa shape index (κ3) is 4.04. The Labute approximate surface area is 117 Å². The monoisotopic (exact) mass is 277 g/mol. The fraction of sp³-hybridized carbons (Fsp3) is 0.429. The summed E-state index contributed by atoms with van der Waals surface area (Å²) >= 11 is 0. The molecule has 20 heavy (non-hydrogen) atoms. The van der Waals surface area contributed by atoms with Crippen LogP contribution < -0.4 is 10.5 Å². The van der Waals surface area contributed by atoms with Crippen LogP contribution in [0.4, 0.5) is 0 Å². The van der Waals surface area contributed by atoms with E-state index in [0.29, 0.717) is 31.2 Å². The maximum absolute atomic E-state index is 5.85. The first-order chi connectivity index (χ1) is 9.71. The van der Waals surface area contributed by atoms with Gasteiger partial charge in [-0.1, -0.05) is 17.3 Å². The number of nitrogens with two attached hydrogens (primary N) is 1. The lowest BCUT2D eigenvalue weighted by Crippen LogP contribution is -2.28. The molecule has 1 atom stereocenters. The molecule has 1 aromatic carbocycles. The van der Waals surface area contributed by atoms with Crippen molar-refractivity contribution in [2.24, 2.45) is 5.73 Å². The molecule has 1 unspecified atom stereocenters. The highest BCUT2D eigenvalue weighted by Crippen LogP contribution is 2.15. The molecule has 108 valence electrons. The summed E-state index contributed by atoms with van der Waals surface area (Å²) in [6.45, 7) is 0.466. The molecule has 6 nitrogen and oxygen atoms in total. The van der Waals surface area contributed by atoms with Crippen LogP contribution in [0.3, 0.4) is 0 Å². The SMILES string of the molecule is COCC(N)Cc1nc(Cc2cccc(OC)c2)no1. The van der Waals surface area contributed by atoms with Gasteiger partial charge in [-0.3, -0.25) is 0 Å². The van der Waals surface area contributed by atoms with Crippen molar-refractivity contribution in [2.75, 3.05) is 20.8 Å². The Morgan fingerprint density at radius 3 is 2.95 bits per heavy atom. The summed E-state index contributed by atoms with van der Waals surface area (Å²) in [5.41, 5.74) is 6.91. The minimum Gasteiger partial charge on any atom is -0.497 e. The molecule has 0 saturated carbocycles. The zero-order valence-corrected chi connectivity index (χ0v) is 11.7. The first-order valence-electron chi connectivity index (χ1n) is 6.40.